The monoisotopic (exact) mass is 440 g/mol. The van der Waals surface area contributed by atoms with E-state index in [1.165, 1.54) is 0 Å². The van der Waals surface area contributed by atoms with Crippen LogP contribution in [-0.2, 0) is 6.54 Å². The molecule has 0 radical (unpaired) electrons. The third kappa shape index (κ3) is 4.28. The molecule has 0 atom stereocenters. The average Bonchev–Trinajstić information content (AvgIpc) is 2.40. The molecule has 0 saturated heterocycles. The summed E-state index contributed by atoms with van der Waals surface area (Å²) in [7, 11) is 0. The number of alkyl halides is 1. The fraction of sp³-hybridized carbons (Fsp3) is 0.714. The molecule has 0 N–H and O–H groups in total. The Morgan fingerprint density at radius 2 is 1.95 bits per heavy atom. The Kier molecular flexibility index (Phi) is 7.00. The third-order valence-electron chi connectivity index (χ3n) is 3.51. The van der Waals surface area contributed by atoms with E-state index in [4.69, 9.17) is 0 Å². The maximum Gasteiger partial charge on any atom is 0.267 e. The minimum absolute atomic E-state index is 0.0885. The van der Waals surface area contributed by atoms with Crippen LogP contribution >= 0.6 is 38.5 Å². The lowest BCUT2D eigenvalue weighted by atomic mass is 9.81. The summed E-state index contributed by atoms with van der Waals surface area (Å²) in [5.41, 5.74) is 1.07. The molecule has 0 unspecified atom stereocenters. The van der Waals surface area contributed by atoms with Gasteiger partial charge in [0.25, 0.3) is 5.56 Å². The van der Waals surface area contributed by atoms with Gasteiger partial charge in [-0.25, -0.2) is 4.98 Å². The molecule has 0 bridgehead atoms. The molecule has 1 aromatic rings. The number of rotatable bonds is 7. The first kappa shape index (κ1) is 17.1. The molecular formula is C14H22BrIN2O. The summed E-state index contributed by atoms with van der Waals surface area (Å²) in [4.78, 5) is 16.6. The molecule has 0 spiro atoms. The fourth-order valence-corrected chi connectivity index (χ4v) is 3.73. The maximum atomic E-state index is 12.3. The Morgan fingerprint density at radius 1 is 1.37 bits per heavy atom. The van der Waals surface area contributed by atoms with Gasteiger partial charge in [-0.2, -0.15) is 0 Å². The highest BCUT2D eigenvalue weighted by molar-refractivity contribution is 14.1. The van der Waals surface area contributed by atoms with Crippen molar-refractivity contribution in [2.45, 2.75) is 53.0 Å². The van der Waals surface area contributed by atoms with Gasteiger partial charge in [0, 0.05) is 11.9 Å². The number of aryl methyl sites for hydroxylation is 1. The van der Waals surface area contributed by atoms with Crippen molar-refractivity contribution in [3.05, 3.63) is 25.9 Å². The van der Waals surface area contributed by atoms with Gasteiger partial charge in [-0.3, -0.25) is 9.36 Å². The van der Waals surface area contributed by atoms with Crippen molar-refractivity contribution >= 4 is 38.5 Å². The van der Waals surface area contributed by atoms with Crippen molar-refractivity contribution in [3.8, 4) is 0 Å². The predicted molar refractivity (Wildman–Crippen MR) is 92.0 cm³/mol. The van der Waals surface area contributed by atoms with Gasteiger partial charge < -0.3 is 0 Å². The normalized spacial score (nSPS) is 11.8. The second-order valence-corrected chi connectivity index (χ2v) is 6.85. The van der Waals surface area contributed by atoms with Crippen LogP contribution in [0.1, 0.15) is 45.2 Å². The van der Waals surface area contributed by atoms with E-state index < -0.39 is 0 Å². The molecule has 1 aromatic heterocycles. The molecular weight excluding hydrogens is 419 g/mol. The van der Waals surface area contributed by atoms with Crippen molar-refractivity contribution in [2.75, 3.05) is 5.33 Å². The largest absolute Gasteiger partial charge is 0.298 e. The van der Waals surface area contributed by atoms with Gasteiger partial charge in [0.1, 0.15) is 0 Å². The lowest BCUT2D eigenvalue weighted by molar-refractivity contribution is 0.229. The van der Waals surface area contributed by atoms with Gasteiger partial charge >= 0.3 is 0 Å². The van der Waals surface area contributed by atoms with Crippen molar-refractivity contribution in [1.82, 2.24) is 9.55 Å². The van der Waals surface area contributed by atoms with E-state index in [1.807, 2.05) is 6.92 Å². The summed E-state index contributed by atoms with van der Waals surface area (Å²) < 4.78 is 2.51. The van der Waals surface area contributed by atoms with Gasteiger partial charge in [-0.05, 0) is 47.8 Å². The van der Waals surface area contributed by atoms with Crippen LogP contribution in [0.25, 0.3) is 0 Å². The van der Waals surface area contributed by atoms with Gasteiger partial charge in [0.2, 0.25) is 0 Å². The Morgan fingerprint density at radius 3 is 2.42 bits per heavy atom. The summed E-state index contributed by atoms with van der Waals surface area (Å²) in [6.07, 6.45) is 6.22. The Labute approximate surface area is 137 Å². The molecule has 19 heavy (non-hydrogen) atoms. The molecule has 0 amide bonds. The number of halogens is 2. The van der Waals surface area contributed by atoms with Crippen LogP contribution < -0.4 is 5.56 Å². The number of hydrogen-bond donors (Lipinski definition) is 0. The smallest absolute Gasteiger partial charge is 0.267 e. The molecule has 0 aliphatic heterocycles. The third-order valence-corrected chi connectivity index (χ3v) is 5.94. The van der Waals surface area contributed by atoms with E-state index in [-0.39, 0.29) is 11.0 Å². The highest BCUT2D eigenvalue weighted by Gasteiger charge is 2.28. The zero-order valence-electron chi connectivity index (χ0n) is 11.9. The molecule has 0 aliphatic carbocycles. The zero-order chi connectivity index (χ0) is 14.5. The summed E-state index contributed by atoms with van der Waals surface area (Å²) in [5.74, 6) is 0. The molecule has 0 saturated carbocycles. The lowest BCUT2D eigenvalue weighted by Crippen LogP contribution is -2.35. The molecule has 1 heterocycles. The van der Waals surface area contributed by atoms with Crippen LogP contribution in [0.3, 0.4) is 0 Å². The summed E-state index contributed by atoms with van der Waals surface area (Å²) >= 11 is 5.75. The van der Waals surface area contributed by atoms with Crippen molar-refractivity contribution in [2.24, 2.45) is 5.41 Å². The summed E-state index contributed by atoms with van der Waals surface area (Å²) in [6.45, 7) is 7.03. The minimum atomic E-state index is 0.0885. The highest BCUT2D eigenvalue weighted by Crippen LogP contribution is 2.33. The standard InChI is InChI=1S/C14H22BrIN2O/c1-4-6-14(8-15,7-5-2)9-18-10-17-11(3)12(16)13(18)19/h10H,4-9H2,1-3H3. The molecule has 5 heteroatoms. The van der Waals surface area contributed by atoms with Crippen LogP contribution in [0.5, 0.6) is 0 Å². The van der Waals surface area contributed by atoms with E-state index in [2.05, 4.69) is 57.4 Å². The van der Waals surface area contributed by atoms with Crippen molar-refractivity contribution in [1.29, 1.82) is 0 Å². The van der Waals surface area contributed by atoms with Crippen LogP contribution in [0, 0.1) is 15.9 Å². The molecule has 3 nitrogen and oxygen atoms in total. The summed E-state index contributed by atoms with van der Waals surface area (Å²) in [5, 5.41) is 0.929. The molecule has 1 rings (SSSR count). The minimum Gasteiger partial charge on any atom is -0.298 e. The quantitative estimate of drug-likeness (QED) is 0.471. The lowest BCUT2D eigenvalue weighted by Gasteiger charge is -2.32. The Bertz CT molecular complexity index is 467. The van der Waals surface area contributed by atoms with E-state index in [1.54, 1.807) is 10.9 Å². The van der Waals surface area contributed by atoms with Gasteiger partial charge in [-0.15, -0.1) is 0 Å². The predicted octanol–water partition coefficient (Wildman–Crippen LogP) is 4.14. The van der Waals surface area contributed by atoms with Crippen molar-refractivity contribution < 1.29 is 0 Å². The maximum absolute atomic E-state index is 12.3. The van der Waals surface area contributed by atoms with Crippen LogP contribution in [-0.4, -0.2) is 14.9 Å². The van der Waals surface area contributed by atoms with E-state index in [0.717, 1.165) is 46.8 Å². The second-order valence-electron chi connectivity index (χ2n) is 5.21. The van der Waals surface area contributed by atoms with E-state index >= 15 is 0 Å². The first-order valence-corrected chi connectivity index (χ1v) is 8.97. The Balaban J connectivity index is 3.09. The van der Waals surface area contributed by atoms with Crippen LogP contribution in [0.4, 0.5) is 0 Å². The van der Waals surface area contributed by atoms with Crippen LogP contribution in [0.2, 0.25) is 0 Å². The van der Waals surface area contributed by atoms with Crippen molar-refractivity contribution in [3.63, 3.8) is 0 Å². The molecule has 0 aromatic carbocycles. The van der Waals surface area contributed by atoms with E-state index in [0.29, 0.717) is 0 Å². The second kappa shape index (κ2) is 7.76. The molecule has 0 fully saturated rings. The Hall–Kier alpha value is 0.0900. The zero-order valence-corrected chi connectivity index (χ0v) is 15.6. The van der Waals surface area contributed by atoms with Gasteiger partial charge in [0.15, 0.2) is 0 Å². The fourth-order valence-electron chi connectivity index (χ4n) is 2.54. The van der Waals surface area contributed by atoms with Crippen LogP contribution in [0.15, 0.2) is 11.1 Å². The number of nitrogens with zero attached hydrogens (tertiary/aromatic N) is 2. The topological polar surface area (TPSA) is 34.9 Å². The van der Waals surface area contributed by atoms with Gasteiger partial charge in [0.05, 0.1) is 15.6 Å². The number of aromatic nitrogens is 2. The first-order chi connectivity index (χ1) is 8.99. The first-order valence-electron chi connectivity index (χ1n) is 6.77. The molecule has 108 valence electrons. The van der Waals surface area contributed by atoms with E-state index in [9.17, 15) is 4.79 Å². The van der Waals surface area contributed by atoms with Gasteiger partial charge in [-0.1, -0.05) is 42.6 Å². The highest BCUT2D eigenvalue weighted by atomic mass is 127. The number of hydrogen-bond acceptors (Lipinski definition) is 2. The average molecular weight is 441 g/mol. The summed E-state index contributed by atoms with van der Waals surface area (Å²) in [6, 6.07) is 0. The SMILES string of the molecule is CCCC(CBr)(CCC)Cn1cnc(C)c(I)c1=O. The molecule has 0 aliphatic rings.